The molecule has 2 N–H and O–H groups in total. The summed E-state index contributed by atoms with van der Waals surface area (Å²) >= 11 is 0. The zero-order valence-electron chi connectivity index (χ0n) is 16.7. The Hall–Kier alpha value is -2.74. The fraction of sp³-hybridized carbons (Fsp3) is 0.409. The maximum absolute atomic E-state index is 12.2. The molecular formula is C22H26F3N3O2. The van der Waals surface area contributed by atoms with Gasteiger partial charge < -0.3 is 15.4 Å². The van der Waals surface area contributed by atoms with Gasteiger partial charge in [-0.1, -0.05) is 42.8 Å². The Kier molecular flexibility index (Phi) is 7.57. The Bertz CT molecular complexity index is 802. The SMILES string of the molecule is O=C(NCc1ccc(CN2CCCCC2)cc1)NCc1ccc(OC(F)(F)F)cc1. The Morgan fingerprint density at radius 2 is 1.33 bits per heavy atom. The molecule has 1 heterocycles. The van der Waals surface area contributed by atoms with Crippen LogP contribution >= 0.6 is 0 Å². The summed E-state index contributed by atoms with van der Waals surface area (Å²) in [7, 11) is 0. The van der Waals surface area contributed by atoms with Crippen molar-refractivity contribution in [3.63, 3.8) is 0 Å². The topological polar surface area (TPSA) is 53.6 Å². The zero-order valence-corrected chi connectivity index (χ0v) is 16.7. The molecule has 0 bridgehead atoms. The average Bonchev–Trinajstić information content (AvgIpc) is 2.72. The number of carbonyl (C=O) groups is 1. The van der Waals surface area contributed by atoms with E-state index in [9.17, 15) is 18.0 Å². The Morgan fingerprint density at radius 1 is 0.833 bits per heavy atom. The van der Waals surface area contributed by atoms with Crippen molar-refractivity contribution in [2.75, 3.05) is 13.1 Å². The van der Waals surface area contributed by atoms with E-state index >= 15 is 0 Å². The summed E-state index contributed by atoms with van der Waals surface area (Å²) in [5.41, 5.74) is 2.94. The van der Waals surface area contributed by atoms with E-state index in [0.29, 0.717) is 12.1 Å². The predicted molar refractivity (Wildman–Crippen MR) is 108 cm³/mol. The third-order valence-electron chi connectivity index (χ3n) is 4.94. The van der Waals surface area contributed by atoms with Crippen molar-refractivity contribution in [1.82, 2.24) is 15.5 Å². The van der Waals surface area contributed by atoms with Crippen LogP contribution in [0.3, 0.4) is 0 Å². The van der Waals surface area contributed by atoms with Crippen LogP contribution in [0.2, 0.25) is 0 Å². The third-order valence-corrected chi connectivity index (χ3v) is 4.94. The van der Waals surface area contributed by atoms with Crippen LogP contribution in [0.15, 0.2) is 48.5 Å². The standard InChI is InChI=1S/C22H26F3N3O2/c23-22(24,25)30-20-10-8-18(9-11-20)15-27-21(29)26-14-17-4-6-19(7-5-17)16-28-12-2-1-3-13-28/h4-11H,1-3,12-16H2,(H2,26,27,29). The number of alkyl halides is 3. The van der Waals surface area contributed by atoms with Gasteiger partial charge in [-0.25, -0.2) is 4.79 Å². The number of nitrogens with one attached hydrogen (secondary N) is 2. The minimum absolute atomic E-state index is 0.201. The van der Waals surface area contributed by atoms with E-state index in [0.717, 1.165) is 25.2 Å². The molecule has 0 saturated carbocycles. The molecular weight excluding hydrogens is 395 g/mol. The number of rotatable bonds is 7. The van der Waals surface area contributed by atoms with Crippen molar-refractivity contribution in [2.24, 2.45) is 0 Å². The Morgan fingerprint density at radius 3 is 1.87 bits per heavy atom. The third kappa shape index (κ3) is 7.59. The number of hydrogen-bond acceptors (Lipinski definition) is 3. The van der Waals surface area contributed by atoms with Crippen LogP contribution in [-0.4, -0.2) is 30.4 Å². The molecule has 1 aliphatic heterocycles. The fourth-order valence-corrected chi connectivity index (χ4v) is 3.37. The minimum Gasteiger partial charge on any atom is -0.406 e. The molecule has 0 aliphatic carbocycles. The smallest absolute Gasteiger partial charge is 0.406 e. The second-order valence-electron chi connectivity index (χ2n) is 7.38. The largest absolute Gasteiger partial charge is 0.573 e. The first kappa shape index (κ1) is 22.0. The molecule has 0 unspecified atom stereocenters. The summed E-state index contributed by atoms with van der Waals surface area (Å²) in [5, 5.41) is 5.46. The quantitative estimate of drug-likeness (QED) is 0.689. The second-order valence-corrected chi connectivity index (χ2v) is 7.38. The molecule has 2 aromatic rings. The number of hydrogen-bond donors (Lipinski definition) is 2. The van der Waals surface area contributed by atoms with Crippen molar-refractivity contribution in [2.45, 2.75) is 45.3 Å². The summed E-state index contributed by atoms with van der Waals surface area (Å²) in [6.07, 6.45) is -0.864. The van der Waals surface area contributed by atoms with E-state index in [-0.39, 0.29) is 18.3 Å². The van der Waals surface area contributed by atoms with E-state index in [4.69, 9.17) is 0 Å². The molecule has 0 spiro atoms. The lowest BCUT2D eigenvalue weighted by Crippen LogP contribution is -2.34. The number of likely N-dealkylation sites (tertiary alicyclic amines) is 1. The van der Waals surface area contributed by atoms with Gasteiger partial charge in [-0.05, 0) is 54.8 Å². The average molecular weight is 421 g/mol. The van der Waals surface area contributed by atoms with E-state index in [1.165, 1.54) is 49.1 Å². The Balaban J connectivity index is 1.38. The monoisotopic (exact) mass is 421 g/mol. The number of benzene rings is 2. The minimum atomic E-state index is -4.72. The molecule has 1 saturated heterocycles. The highest BCUT2D eigenvalue weighted by atomic mass is 19.4. The van der Waals surface area contributed by atoms with Crippen molar-refractivity contribution in [1.29, 1.82) is 0 Å². The van der Waals surface area contributed by atoms with Gasteiger partial charge in [0.25, 0.3) is 0 Å². The van der Waals surface area contributed by atoms with E-state index < -0.39 is 6.36 Å². The molecule has 0 radical (unpaired) electrons. The van der Waals surface area contributed by atoms with Gasteiger partial charge in [-0.3, -0.25) is 4.90 Å². The molecule has 8 heteroatoms. The first-order valence-corrected chi connectivity index (χ1v) is 10.0. The number of urea groups is 1. The summed E-state index contributed by atoms with van der Waals surface area (Å²) in [6.45, 7) is 3.87. The highest BCUT2D eigenvalue weighted by molar-refractivity contribution is 5.73. The highest BCUT2D eigenvalue weighted by Gasteiger charge is 2.30. The number of carbonyl (C=O) groups excluding carboxylic acids is 1. The van der Waals surface area contributed by atoms with Crippen LogP contribution in [-0.2, 0) is 19.6 Å². The number of piperidine rings is 1. The maximum Gasteiger partial charge on any atom is 0.573 e. The lowest BCUT2D eigenvalue weighted by molar-refractivity contribution is -0.274. The Labute approximate surface area is 174 Å². The molecule has 2 aromatic carbocycles. The lowest BCUT2D eigenvalue weighted by Gasteiger charge is -2.26. The number of halogens is 3. The molecule has 1 aliphatic rings. The molecule has 5 nitrogen and oxygen atoms in total. The summed E-state index contributed by atoms with van der Waals surface area (Å²) in [4.78, 5) is 14.4. The normalized spacial score (nSPS) is 14.9. The van der Waals surface area contributed by atoms with Crippen LogP contribution in [0, 0.1) is 0 Å². The van der Waals surface area contributed by atoms with Gasteiger partial charge in [0, 0.05) is 19.6 Å². The fourth-order valence-electron chi connectivity index (χ4n) is 3.37. The van der Waals surface area contributed by atoms with Crippen LogP contribution in [0.1, 0.15) is 36.0 Å². The summed E-state index contributed by atoms with van der Waals surface area (Å²) in [6, 6.07) is 13.2. The first-order chi connectivity index (χ1) is 14.4. The number of nitrogens with zero attached hydrogens (tertiary/aromatic N) is 1. The maximum atomic E-state index is 12.2. The van der Waals surface area contributed by atoms with Crippen LogP contribution in [0.4, 0.5) is 18.0 Å². The van der Waals surface area contributed by atoms with Gasteiger partial charge in [-0.2, -0.15) is 0 Å². The van der Waals surface area contributed by atoms with Crippen LogP contribution in [0.25, 0.3) is 0 Å². The number of ether oxygens (including phenoxy) is 1. The molecule has 0 aromatic heterocycles. The second kappa shape index (κ2) is 10.3. The highest BCUT2D eigenvalue weighted by Crippen LogP contribution is 2.22. The van der Waals surface area contributed by atoms with Crippen LogP contribution < -0.4 is 15.4 Å². The van der Waals surface area contributed by atoms with Crippen molar-refractivity contribution in [3.05, 3.63) is 65.2 Å². The van der Waals surface area contributed by atoms with Gasteiger partial charge in [0.15, 0.2) is 0 Å². The zero-order chi connectivity index (χ0) is 21.4. The molecule has 30 heavy (non-hydrogen) atoms. The van der Waals surface area contributed by atoms with Gasteiger partial charge in [0.1, 0.15) is 5.75 Å². The molecule has 0 atom stereocenters. The van der Waals surface area contributed by atoms with Gasteiger partial charge in [-0.15, -0.1) is 13.2 Å². The molecule has 3 rings (SSSR count). The van der Waals surface area contributed by atoms with Gasteiger partial charge >= 0.3 is 12.4 Å². The lowest BCUT2D eigenvalue weighted by atomic mass is 10.1. The van der Waals surface area contributed by atoms with E-state index in [1.807, 2.05) is 12.1 Å². The summed E-state index contributed by atoms with van der Waals surface area (Å²) < 4.78 is 40.3. The van der Waals surface area contributed by atoms with Crippen molar-refractivity contribution in [3.8, 4) is 5.75 Å². The van der Waals surface area contributed by atoms with Crippen molar-refractivity contribution >= 4 is 6.03 Å². The van der Waals surface area contributed by atoms with Gasteiger partial charge in [0.05, 0.1) is 0 Å². The van der Waals surface area contributed by atoms with E-state index in [2.05, 4.69) is 32.4 Å². The van der Waals surface area contributed by atoms with Crippen molar-refractivity contribution < 1.29 is 22.7 Å². The first-order valence-electron chi connectivity index (χ1n) is 10.0. The van der Waals surface area contributed by atoms with Crippen LogP contribution in [0.5, 0.6) is 5.75 Å². The number of amides is 2. The molecule has 2 amide bonds. The molecule has 1 fully saturated rings. The molecule has 162 valence electrons. The van der Waals surface area contributed by atoms with Gasteiger partial charge in [0.2, 0.25) is 0 Å². The van der Waals surface area contributed by atoms with E-state index in [1.54, 1.807) is 0 Å². The summed E-state index contributed by atoms with van der Waals surface area (Å²) in [5.74, 6) is -0.292. The predicted octanol–water partition coefficient (Wildman–Crippen LogP) is 4.57.